The highest BCUT2D eigenvalue weighted by atomic mass is 79.9. The third-order valence-electron chi connectivity index (χ3n) is 2.62. The van der Waals surface area contributed by atoms with Gasteiger partial charge in [-0.3, -0.25) is 4.68 Å². The lowest BCUT2D eigenvalue weighted by Crippen LogP contribution is -2.14. The van der Waals surface area contributed by atoms with Crippen molar-refractivity contribution < 1.29 is 13.2 Å². The van der Waals surface area contributed by atoms with Gasteiger partial charge in [-0.25, -0.2) is 13.6 Å². The molecule has 0 fully saturated rings. The van der Waals surface area contributed by atoms with Gasteiger partial charge in [0.05, 0.1) is 12.8 Å². The molecule has 0 unspecified atom stereocenters. The van der Waals surface area contributed by atoms with E-state index in [1.54, 1.807) is 23.0 Å². The third kappa shape index (κ3) is 3.81. The summed E-state index contributed by atoms with van der Waals surface area (Å²) in [5.74, 6) is 0.250. The molecule has 0 amide bonds. The fourth-order valence-corrected chi connectivity index (χ4v) is 2.91. The van der Waals surface area contributed by atoms with Crippen molar-refractivity contribution in [2.45, 2.75) is 11.3 Å². The fraction of sp³-hybridized carbons (Fsp3) is 0.250. The van der Waals surface area contributed by atoms with Crippen LogP contribution in [0.5, 0.6) is 5.75 Å². The molecule has 0 radical (unpaired) electrons. The summed E-state index contributed by atoms with van der Waals surface area (Å²) in [6.07, 6.45) is 4.25. The molecule has 0 bridgehead atoms. The van der Waals surface area contributed by atoms with Crippen molar-refractivity contribution in [3.63, 3.8) is 0 Å². The van der Waals surface area contributed by atoms with Crippen LogP contribution in [0.3, 0.4) is 0 Å². The highest BCUT2D eigenvalue weighted by Crippen LogP contribution is 2.26. The Morgan fingerprint density at radius 2 is 2.20 bits per heavy atom. The smallest absolute Gasteiger partial charge is 0.241 e. The highest BCUT2D eigenvalue weighted by Gasteiger charge is 2.15. The van der Waals surface area contributed by atoms with Gasteiger partial charge < -0.3 is 4.74 Å². The molecule has 1 heterocycles. The Morgan fingerprint density at radius 1 is 1.45 bits per heavy atom. The van der Waals surface area contributed by atoms with Crippen LogP contribution in [0.4, 0.5) is 0 Å². The van der Waals surface area contributed by atoms with Gasteiger partial charge in [0.15, 0.2) is 0 Å². The molecule has 0 atom stereocenters. The Bertz CT molecular complexity index is 712. The molecule has 0 spiro atoms. The number of nitrogens with zero attached hydrogens (tertiary/aromatic N) is 2. The maximum Gasteiger partial charge on any atom is 0.241 e. The molecule has 0 aliphatic heterocycles. The number of hydrogen-bond acceptors (Lipinski definition) is 4. The minimum absolute atomic E-state index is 0.0296. The molecule has 6 nitrogen and oxygen atoms in total. The molecule has 20 heavy (non-hydrogen) atoms. The Labute approximate surface area is 125 Å². The first kappa shape index (κ1) is 15.0. The van der Waals surface area contributed by atoms with E-state index in [0.717, 1.165) is 5.56 Å². The summed E-state index contributed by atoms with van der Waals surface area (Å²) in [6, 6.07) is 4.70. The van der Waals surface area contributed by atoms with E-state index in [-0.39, 0.29) is 10.6 Å². The first-order valence-electron chi connectivity index (χ1n) is 5.79. The van der Waals surface area contributed by atoms with Crippen LogP contribution >= 0.6 is 15.9 Å². The average molecular weight is 360 g/mol. The molecule has 108 valence electrons. The number of primary sulfonamides is 1. The summed E-state index contributed by atoms with van der Waals surface area (Å²) in [6.45, 7) is 0.343. The number of aromatic nitrogens is 2. The Balaban J connectivity index is 2.10. The van der Waals surface area contributed by atoms with Gasteiger partial charge in [0.1, 0.15) is 10.6 Å². The van der Waals surface area contributed by atoms with E-state index in [2.05, 4.69) is 21.0 Å². The molecule has 0 saturated heterocycles. The molecule has 2 rings (SSSR count). The number of sulfonamides is 1. The summed E-state index contributed by atoms with van der Waals surface area (Å²) in [5, 5.41) is 9.22. The van der Waals surface area contributed by atoms with Crippen molar-refractivity contribution in [1.82, 2.24) is 9.78 Å². The Morgan fingerprint density at radius 3 is 2.80 bits per heavy atom. The predicted molar refractivity (Wildman–Crippen MR) is 77.9 cm³/mol. The van der Waals surface area contributed by atoms with Crippen LogP contribution in [0.2, 0.25) is 0 Å². The third-order valence-corrected chi connectivity index (χ3v) is 4.04. The van der Waals surface area contributed by atoms with Crippen molar-refractivity contribution in [3.05, 3.63) is 40.6 Å². The van der Waals surface area contributed by atoms with Crippen molar-refractivity contribution >= 4 is 26.0 Å². The predicted octanol–water partition coefficient (Wildman–Crippen LogP) is 1.45. The monoisotopic (exact) mass is 359 g/mol. The number of benzene rings is 1. The summed E-state index contributed by atoms with van der Waals surface area (Å²) >= 11 is 3.21. The van der Waals surface area contributed by atoms with Crippen molar-refractivity contribution in [3.8, 4) is 5.75 Å². The summed E-state index contributed by atoms with van der Waals surface area (Å²) in [7, 11) is -1.99. The molecule has 8 heteroatoms. The van der Waals surface area contributed by atoms with E-state index in [1.807, 2.05) is 13.2 Å². The van der Waals surface area contributed by atoms with Crippen LogP contribution in [-0.2, 0) is 23.5 Å². The number of ether oxygens (including phenoxy) is 1. The lowest BCUT2D eigenvalue weighted by Gasteiger charge is -2.10. The zero-order chi connectivity index (χ0) is 14.8. The second kappa shape index (κ2) is 5.94. The molecular weight excluding hydrogens is 346 g/mol. The molecular formula is C12H14BrN3O3S. The van der Waals surface area contributed by atoms with Crippen molar-refractivity contribution in [2.75, 3.05) is 6.61 Å². The van der Waals surface area contributed by atoms with Gasteiger partial charge in [-0.05, 0) is 23.8 Å². The van der Waals surface area contributed by atoms with Crippen molar-refractivity contribution in [2.24, 2.45) is 12.2 Å². The maximum atomic E-state index is 11.5. The molecule has 0 aliphatic carbocycles. The number of nitrogens with two attached hydrogens (primary N) is 1. The molecule has 0 aliphatic rings. The van der Waals surface area contributed by atoms with Crippen LogP contribution < -0.4 is 9.88 Å². The molecule has 2 aromatic rings. The summed E-state index contributed by atoms with van der Waals surface area (Å²) in [5.41, 5.74) is 1.02. The Kier molecular flexibility index (Phi) is 4.46. The van der Waals surface area contributed by atoms with Gasteiger partial charge in [-0.2, -0.15) is 5.10 Å². The topological polar surface area (TPSA) is 87.2 Å². The number of aryl methyl sites for hydroxylation is 1. The van der Waals surface area contributed by atoms with Gasteiger partial charge in [-0.15, -0.1) is 0 Å². The molecule has 0 saturated carbocycles. The fourth-order valence-electron chi connectivity index (χ4n) is 1.70. The van der Waals surface area contributed by atoms with E-state index < -0.39 is 10.0 Å². The zero-order valence-corrected chi connectivity index (χ0v) is 13.2. The molecule has 2 N–H and O–H groups in total. The second-order valence-electron chi connectivity index (χ2n) is 4.26. The van der Waals surface area contributed by atoms with Crippen LogP contribution in [-0.4, -0.2) is 24.8 Å². The first-order valence-corrected chi connectivity index (χ1v) is 8.13. The SMILES string of the molecule is Cn1cc(CCOc2ccc(Br)cc2S(N)(=O)=O)cn1. The van der Waals surface area contributed by atoms with Gasteiger partial charge in [0.25, 0.3) is 0 Å². The van der Waals surface area contributed by atoms with Crippen LogP contribution in [0, 0.1) is 0 Å². The van der Waals surface area contributed by atoms with E-state index >= 15 is 0 Å². The highest BCUT2D eigenvalue weighted by molar-refractivity contribution is 9.10. The summed E-state index contributed by atoms with van der Waals surface area (Å²) < 4.78 is 30.9. The lowest BCUT2D eigenvalue weighted by atomic mass is 10.3. The van der Waals surface area contributed by atoms with Crippen LogP contribution in [0.15, 0.2) is 40.0 Å². The quantitative estimate of drug-likeness (QED) is 0.874. The average Bonchev–Trinajstić information content (AvgIpc) is 2.76. The minimum Gasteiger partial charge on any atom is -0.492 e. The minimum atomic E-state index is -3.82. The van der Waals surface area contributed by atoms with E-state index in [4.69, 9.17) is 9.88 Å². The lowest BCUT2D eigenvalue weighted by molar-refractivity contribution is 0.313. The van der Waals surface area contributed by atoms with Gasteiger partial charge in [0.2, 0.25) is 10.0 Å². The standard InChI is InChI=1S/C12H14BrN3O3S/c1-16-8-9(7-15-16)4-5-19-11-3-2-10(13)6-12(11)20(14,17)18/h2-3,6-8H,4-5H2,1H3,(H2,14,17,18). The van der Waals surface area contributed by atoms with Gasteiger partial charge in [-0.1, -0.05) is 15.9 Å². The van der Waals surface area contributed by atoms with Crippen LogP contribution in [0.1, 0.15) is 5.56 Å². The zero-order valence-electron chi connectivity index (χ0n) is 10.8. The van der Waals surface area contributed by atoms with E-state index in [9.17, 15) is 8.42 Å². The maximum absolute atomic E-state index is 11.5. The van der Waals surface area contributed by atoms with Crippen molar-refractivity contribution in [1.29, 1.82) is 0 Å². The second-order valence-corrected chi connectivity index (χ2v) is 6.70. The number of halogens is 1. The number of hydrogen-bond donors (Lipinski definition) is 1. The van der Waals surface area contributed by atoms with E-state index in [1.165, 1.54) is 6.07 Å². The largest absolute Gasteiger partial charge is 0.492 e. The normalized spacial score (nSPS) is 11.6. The first-order chi connectivity index (χ1) is 9.36. The number of rotatable bonds is 5. The summed E-state index contributed by atoms with van der Waals surface area (Å²) in [4.78, 5) is -0.0296. The van der Waals surface area contributed by atoms with Gasteiger partial charge >= 0.3 is 0 Å². The van der Waals surface area contributed by atoms with Crippen LogP contribution in [0.25, 0.3) is 0 Å². The molecule has 1 aromatic carbocycles. The Hall–Kier alpha value is -1.38. The molecule has 1 aromatic heterocycles. The van der Waals surface area contributed by atoms with Gasteiger partial charge in [0, 0.05) is 24.1 Å². The van der Waals surface area contributed by atoms with E-state index in [0.29, 0.717) is 17.5 Å².